The van der Waals surface area contributed by atoms with Crippen molar-refractivity contribution in [1.82, 2.24) is 0 Å². The average molecular weight is 486 g/mol. The van der Waals surface area contributed by atoms with Crippen molar-refractivity contribution in [2.75, 3.05) is 0 Å². The summed E-state index contributed by atoms with van der Waals surface area (Å²) in [5.74, 6) is 0.0635. The van der Waals surface area contributed by atoms with E-state index in [4.69, 9.17) is 17.0 Å². The molecule has 3 aromatic rings. The van der Waals surface area contributed by atoms with Gasteiger partial charge in [0.15, 0.2) is 0 Å². The maximum atomic E-state index is 14.0. The van der Waals surface area contributed by atoms with E-state index in [1.165, 1.54) is 6.07 Å². The van der Waals surface area contributed by atoms with Gasteiger partial charge in [-0.3, -0.25) is 0 Å². The van der Waals surface area contributed by atoms with Crippen LogP contribution in [0.1, 0.15) is 16.7 Å². The van der Waals surface area contributed by atoms with Gasteiger partial charge in [0.05, 0.1) is 0 Å². The summed E-state index contributed by atoms with van der Waals surface area (Å²) in [7, 11) is 9.97. The van der Waals surface area contributed by atoms with Gasteiger partial charge >= 0.3 is 37.9 Å². The monoisotopic (exact) mass is 484 g/mol. The third-order valence-electron chi connectivity index (χ3n) is 3.84. The molecule has 0 saturated carbocycles. The fraction of sp³-hybridized carbons (Fsp3) is 0.100. The summed E-state index contributed by atoms with van der Waals surface area (Å²) in [6.07, 6.45) is 0.668. The Balaban J connectivity index is 0.000000758. The fourth-order valence-corrected chi connectivity index (χ4v) is 3.79. The number of phenols is 1. The van der Waals surface area contributed by atoms with Crippen LogP contribution >= 0.6 is 25.6 Å². The predicted octanol–water partition coefficient (Wildman–Crippen LogP) is 5.44. The molecule has 0 spiro atoms. The third kappa shape index (κ3) is 6.17. The van der Waals surface area contributed by atoms with E-state index in [1.54, 1.807) is 6.07 Å². The second-order valence-electron chi connectivity index (χ2n) is 5.60. The Bertz CT molecular complexity index is 826. The van der Waals surface area contributed by atoms with E-state index in [0.29, 0.717) is 11.7 Å². The number of para-hydroxylation sites is 1. The van der Waals surface area contributed by atoms with Crippen molar-refractivity contribution in [3.8, 4) is 5.75 Å². The van der Waals surface area contributed by atoms with Crippen LogP contribution in [0.15, 0.2) is 66.7 Å². The van der Waals surface area contributed by atoms with Gasteiger partial charge in [-0.2, -0.15) is 0 Å². The third-order valence-corrected chi connectivity index (χ3v) is 5.39. The van der Waals surface area contributed by atoms with Crippen LogP contribution in [-0.2, 0) is 27.3 Å². The summed E-state index contributed by atoms with van der Waals surface area (Å²) in [5, 5.41) is 12.0. The number of aromatic hydroxyl groups is 1. The molecule has 1 nitrogen and oxygen atoms in total. The summed E-state index contributed by atoms with van der Waals surface area (Å²) >= 11 is -0.826. The van der Waals surface area contributed by atoms with Crippen LogP contribution in [0, 0.1) is 12.7 Å². The van der Waals surface area contributed by atoms with Crippen molar-refractivity contribution in [2.45, 2.75) is 13.3 Å². The van der Waals surface area contributed by atoms with Crippen LogP contribution in [0.5, 0.6) is 5.75 Å². The number of hydrogen-bond acceptors (Lipinski definition) is 1. The molecule has 0 radical (unpaired) electrons. The molecule has 26 heavy (non-hydrogen) atoms. The molecule has 134 valence electrons. The second kappa shape index (κ2) is 11.2. The molecule has 0 aliphatic carbocycles. The fourth-order valence-electron chi connectivity index (χ4n) is 2.58. The van der Waals surface area contributed by atoms with E-state index in [0.717, 1.165) is 22.0 Å². The molecule has 0 aromatic heterocycles. The molecule has 6 heteroatoms. The zero-order valence-corrected chi connectivity index (χ0v) is 19.1. The predicted molar refractivity (Wildman–Crippen MR) is 108 cm³/mol. The molecule has 0 saturated heterocycles. The van der Waals surface area contributed by atoms with Gasteiger partial charge in [0.25, 0.3) is 0 Å². The minimum atomic E-state index is -0.826. The van der Waals surface area contributed by atoms with Crippen LogP contribution in [0.25, 0.3) is 0 Å². The normalized spacial score (nSPS) is 10.5. The second-order valence-corrected chi connectivity index (χ2v) is 10.6. The SMILES string of the molecule is Cc1cccc(F)c1Pc1cccc(Cc2ccccc2)c1O.[Cl][Zr][Cl]. The summed E-state index contributed by atoms with van der Waals surface area (Å²) in [5.41, 5.74) is 2.93. The first-order valence-electron chi connectivity index (χ1n) is 7.90. The van der Waals surface area contributed by atoms with Crippen molar-refractivity contribution in [2.24, 2.45) is 0 Å². The number of aryl methyl sites for hydroxylation is 1. The molecular formula is C20H18Cl2FOPZr. The van der Waals surface area contributed by atoms with Gasteiger partial charge in [-0.25, -0.2) is 4.39 Å². The zero-order valence-electron chi connectivity index (χ0n) is 14.1. The Morgan fingerprint density at radius 3 is 2.27 bits per heavy atom. The van der Waals surface area contributed by atoms with Crippen molar-refractivity contribution in [3.63, 3.8) is 0 Å². The molecule has 3 aromatic carbocycles. The van der Waals surface area contributed by atoms with Crippen LogP contribution < -0.4 is 10.6 Å². The van der Waals surface area contributed by atoms with Crippen LogP contribution in [0.4, 0.5) is 4.39 Å². The Kier molecular flexibility index (Phi) is 9.30. The maximum absolute atomic E-state index is 14.0. The van der Waals surface area contributed by atoms with Gasteiger partial charge in [0.1, 0.15) is 11.6 Å². The molecule has 3 rings (SSSR count). The van der Waals surface area contributed by atoms with Gasteiger partial charge in [-0.05, 0) is 29.7 Å². The summed E-state index contributed by atoms with van der Waals surface area (Å²) < 4.78 is 14.0. The van der Waals surface area contributed by atoms with Gasteiger partial charge in [-0.1, -0.05) is 69.2 Å². The van der Waals surface area contributed by atoms with E-state index < -0.39 is 20.8 Å². The summed E-state index contributed by atoms with van der Waals surface area (Å²) in [6, 6.07) is 20.8. The van der Waals surface area contributed by atoms with Crippen molar-refractivity contribution < 1.29 is 30.3 Å². The van der Waals surface area contributed by atoms with Gasteiger partial charge < -0.3 is 5.11 Å². The van der Waals surface area contributed by atoms with Crippen molar-refractivity contribution >= 4 is 36.2 Å². The number of benzene rings is 3. The van der Waals surface area contributed by atoms with E-state index in [2.05, 4.69) is 0 Å². The molecule has 1 N–H and O–H groups in total. The molecule has 0 aliphatic rings. The Labute approximate surface area is 174 Å². The van der Waals surface area contributed by atoms with Crippen LogP contribution in [0.2, 0.25) is 0 Å². The first-order valence-corrected chi connectivity index (χ1v) is 15.2. The first-order chi connectivity index (χ1) is 12.6. The average Bonchev–Trinajstić information content (AvgIpc) is 2.63. The molecule has 1 atom stereocenters. The Morgan fingerprint density at radius 1 is 0.962 bits per heavy atom. The standard InChI is InChI=1S/C20H18FOP.2ClH.Zr/c1-14-7-5-11-17(21)20(14)23-18-12-6-10-16(19(18)22)13-15-8-3-2-4-9-15;;;/h2-12,22-23H,13H2,1H3;2*1H;/q;;;+2/p-2. The van der Waals surface area contributed by atoms with E-state index >= 15 is 0 Å². The molecular weight excluding hydrogens is 468 g/mol. The van der Waals surface area contributed by atoms with Crippen molar-refractivity contribution in [1.29, 1.82) is 0 Å². The van der Waals surface area contributed by atoms with E-state index in [9.17, 15) is 9.50 Å². The van der Waals surface area contributed by atoms with E-state index in [-0.39, 0.29) is 20.1 Å². The van der Waals surface area contributed by atoms with Gasteiger partial charge in [-0.15, -0.1) is 0 Å². The topological polar surface area (TPSA) is 20.2 Å². The van der Waals surface area contributed by atoms with Crippen LogP contribution in [-0.4, -0.2) is 5.11 Å². The molecule has 0 aliphatic heterocycles. The molecule has 0 bridgehead atoms. The van der Waals surface area contributed by atoms with Crippen LogP contribution in [0.3, 0.4) is 0 Å². The number of halogens is 3. The number of hydrogen-bond donors (Lipinski definition) is 1. The quantitative estimate of drug-likeness (QED) is 0.488. The van der Waals surface area contributed by atoms with Crippen molar-refractivity contribution in [3.05, 3.63) is 89.2 Å². The summed E-state index contributed by atoms with van der Waals surface area (Å²) in [6.45, 7) is 1.90. The molecule has 0 amide bonds. The Morgan fingerprint density at radius 2 is 1.62 bits per heavy atom. The van der Waals surface area contributed by atoms with Gasteiger partial charge in [0.2, 0.25) is 0 Å². The molecule has 1 unspecified atom stereocenters. The first kappa shape index (κ1) is 21.6. The molecule has 0 heterocycles. The summed E-state index contributed by atoms with van der Waals surface area (Å²) in [4.78, 5) is 0. The van der Waals surface area contributed by atoms with E-state index in [1.807, 2.05) is 61.5 Å². The minimum absolute atomic E-state index is 0.105. The number of rotatable bonds is 4. The van der Waals surface area contributed by atoms with Gasteiger partial charge in [0, 0.05) is 17.0 Å². The molecule has 0 fully saturated rings. The zero-order chi connectivity index (χ0) is 18.9. The Hall–Kier alpha value is -0.717. The number of phenolic OH excluding ortho intramolecular Hbond substituents is 1.